The fraction of sp³-hybridized carbons (Fsp3) is 0.333. The van der Waals surface area contributed by atoms with Crippen LogP contribution in [0.25, 0.3) is 0 Å². The lowest BCUT2D eigenvalue weighted by Gasteiger charge is -2.08. The predicted molar refractivity (Wildman–Crippen MR) is 56.8 cm³/mol. The van der Waals surface area contributed by atoms with Gasteiger partial charge in [0.15, 0.2) is 0 Å². The molecule has 1 aromatic rings. The lowest BCUT2D eigenvalue weighted by atomic mass is 10.3. The molecule has 0 amide bonds. The monoisotopic (exact) mass is 265 g/mol. The molecule has 0 aliphatic heterocycles. The van der Waals surface area contributed by atoms with Crippen LogP contribution in [0, 0.1) is 21.7 Å². The Morgan fingerprint density at radius 1 is 1.41 bits per heavy atom. The number of nitro benzene ring substituents is 1. The topological polar surface area (TPSA) is 83.6 Å². The molecule has 0 spiro atoms. The van der Waals surface area contributed by atoms with E-state index in [1.54, 1.807) is 0 Å². The van der Waals surface area contributed by atoms with Crippen molar-refractivity contribution in [2.24, 2.45) is 0 Å². The zero-order chi connectivity index (χ0) is 13.0. The molecule has 0 fully saturated rings. The molecule has 1 atom stereocenters. The van der Waals surface area contributed by atoms with E-state index in [2.05, 4.69) is 0 Å². The summed E-state index contributed by atoms with van der Waals surface area (Å²) < 4.78 is 26.6. The average molecular weight is 265 g/mol. The minimum absolute atomic E-state index is 0.109. The van der Waals surface area contributed by atoms with Crippen LogP contribution in [-0.4, -0.2) is 33.6 Å². The summed E-state index contributed by atoms with van der Waals surface area (Å²) in [4.78, 5) is 9.01. The van der Waals surface area contributed by atoms with E-state index < -0.39 is 39.9 Å². The number of non-ortho nitro benzene ring substituents is 1. The molecule has 0 radical (unpaired) electrons. The number of halogens is 2. The van der Waals surface area contributed by atoms with E-state index in [1.807, 2.05) is 0 Å². The van der Waals surface area contributed by atoms with Crippen molar-refractivity contribution in [2.45, 2.75) is 11.0 Å². The first-order chi connectivity index (χ1) is 7.95. The van der Waals surface area contributed by atoms with Crippen molar-refractivity contribution in [1.82, 2.24) is 0 Å². The van der Waals surface area contributed by atoms with Crippen LogP contribution in [0.1, 0.15) is 0 Å². The Bertz CT molecular complexity index is 406. The molecule has 1 unspecified atom stereocenters. The van der Waals surface area contributed by atoms with E-state index in [9.17, 15) is 18.9 Å². The third-order valence-corrected chi connectivity index (χ3v) is 3.05. The average Bonchev–Trinajstić information content (AvgIpc) is 2.27. The highest BCUT2D eigenvalue weighted by atomic mass is 32.2. The zero-order valence-corrected chi connectivity index (χ0v) is 9.29. The first kappa shape index (κ1) is 13.8. The van der Waals surface area contributed by atoms with Gasteiger partial charge >= 0.3 is 0 Å². The van der Waals surface area contributed by atoms with Crippen LogP contribution in [0.5, 0.6) is 0 Å². The normalized spacial score (nSPS) is 12.5. The summed E-state index contributed by atoms with van der Waals surface area (Å²) in [7, 11) is 0. The van der Waals surface area contributed by atoms with Gasteiger partial charge in [-0.2, -0.15) is 0 Å². The smallest absolute Gasteiger partial charge is 0.275 e. The maximum atomic E-state index is 13.3. The largest absolute Gasteiger partial charge is 0.394 e. The maximum Gasteiger partial charge on any atom is 0.275 e. The summed E-state index contributed by atoms with van der Waals surface area (Å²) >= 11 is 0.644. The van der Waals surface area contributed by atoms with Crippen molar-refractivity contribution < 1.29 is 23.9 Å². The minimum atomic E-state index is -1.10. The third kappa shape index (κ3) is 3.62. The Kier molecular flexibility index (Phi) is 4.79. The molecule has 0 saturated carbocycles. The number of benzene rings is 1. The summed E-state index contributed by atoms with van der Waals surface area (Å²) in [5.41, 5.74) is -0.674. The molecular weight excluding hydrogens is 256 g/mol. The van der Waals surface area contributed by atoms with Crippen LogP contribution >= 0.6 is 11.8 Å². The Labute approximate surface area is 99.2 Å². The first-order valence-electron chi connectivity index (χ1n) is 4.51. The molecule has 0 aliphatic carbocycles. The summed E-state index contributed by atoms with van der Waals surface area (Å²) in [5, 5.41) is 27.9. The first-order valence-corrected chi connectivity index (χ1v) is 5.49. The maximum absolute atomic E-state index is 13.3. The van der Waals surface area contributed by atoms with Gasteiger partial charge in [0.2, 0.25) is 0 Å². The number of rotatable bonds is 5. The number of thioether (sulfide) groups is 1. The number of hydrogen-bond acceptors (Lipinski definition) is 5. The molecule has 94 valence electrons. The standard InChI is InChI=1S/C9H9F2NO4S/c10-7-1-5(12(15)16)2-8(11)9(7)17-4-6(14)3-13/h1-2,6,13-14H,3-4H2. The van der Waals surface area contributed by atoms with E-state index in [0.717, 1.165) is 0 Å². The van der Waals surface area contributed by atoms with E-state index >= 15 is 0 Å². The predicted octanol–water partition coefficient (Wildman–Crippen LogP) is 1.32. The second-order valence-electron chi connectivity index (χ2n) is 3.14. The Hall–Kier alpha value is -1.25. The highest BCUT2D eigenvalue weighted by molar-refractivity contribution is 7.99. The van der Waals surface area contributed by atoms with Crippen LogP contribution in [-0.2, 0) is 0 Å². The number of nitro groups is 1. The van der Waals surface area contributed by atoms with Gasteiger partial charge in [-0.3, -0.25) is 10.1 Å². The van der Waals surface area contributed by atoms with Gasteiger partial charge in [-0.15, -0.1) is 11.8 Å². The van der Waals surface area contributed by atoms with Gasteiger partial charge in [0.05, 0.1) is 34.7 Å². The molecule has 2 N–H and O–H groups in total. The molecule has 1 rings (SSSR count). The zero-order valence-electron chi connectivity index (χ0n) is 8.47. The van der Waals surface area contributed by atoms with Gasteiger partial charge in [0.25, 0.3) is 5.69 Å². The van der Waals surface area contributed by atoms with Gasteiger partial charge in [-0.1, -0.05) is 0 Å². The van der Waals surface area contributed by atoms with Crippen LogP contribution in [0.2, 0.25) is 0 Å². The second-order valence-corrected chi connectivity index (χ2v) is 4.17. The highest BCUT2D eigenvalue weighted by Crippen LogP contribution is 2.29. The SMILES string of the molecule is O=[N+]([O-])c1cc(F)c(SCC(O)CO)c(F)c1. The van der Waals surface area contributed by atoms with Crippen LogP contribution < -0.4 is 0 Å². The number of aliphatic hydroxyl groups excluding tert-OH is 2. The quantitative estimate of drug-likeness (QED) is 0.476. The Morgan fingerprint density at radius 3 is 2.35 bits per heavy atom. The van der Waals surface area contributed by atoms with Crippen molar-refractivity contribution in [3.05, 3.63) is 33.9 Å². The fourth-order valence-electron chi connectivity index (χ4n) is 1.02. The van der Waals surface area contributed by atoms with Gasteiger partial charge in [-0.05, 0) is 0 Å². The summed E-state index contributed by atoms with van der Waals surface area (Å²) in [6, 6.07) is 1.22. The molecule has 0 bridgehead atoms. The summed E-state index contributed by atoms with van der Waals surface area (Å²) in [6.07, 6.45) is -1.10. The van der Waals surface area contributed by atoms with Crippen LogP contribution in [0.15, 0.2) is 17.0 Å². The Balaban J connectivity index is 2.90. The van der Waals surface area contributed by atoms with E-state index in [-0.39, 0.29) is 5.75 Å². The summed E-state index contributed by atoms with van der Waals surface area (Å²) in [6.45, 7) is -0.525. The number of aliphatic hydroxyl groups is 2. The van der Waals surface area contributed by atoms with Crippen LogP contribution in [0.4, 0.5) is 14.5 Å². The lowest BCUT2D eigenvalue weighted by molar-refractivity contribution is -0.385. The molecule has 8 heteroatoms. The summed E-state index contributed by atoms with van der Waals surface area (Å²) in [5.74, 6) is -2.24. The van der Waals surface area contributed by atoms with Crippen molar-refractivity contribution in [3.63, 3.8) is 0 Å². The molecule has 5 nitrogen and oxygen atoms in total. The molecule has 1 aromatic carbocycles. The van der Waals surface area contributed by atoms with Gasteiger partial charge in [0.1, 0.15) is 11.6 Å². The molecule has 0 aromatic heterocycles. The molecule has 0 saturated heterocycles. The minimum Gasteiger partial charge on any atom is -0.394 e. The highest BCUT2D eigenvalue weighted by Gasteiger charge is 2.18. The molecular formula is C9H9F2NO4S. The third-order valence-electron chi connectivity index (χ3n) is 1.82. The molecule has 0 aliphatic rings. The van der Waals surface area contributed by atoms with E-state index in [4.69, 9.17) is 10.2 Å². The van der Waals surface area contributed by atoms with Crippen molar-refractivity contribution >= 4 is 17.4 Å². The van der Waals surface area contributed by atoms with Gasteiger partial charge in [-0.25, -0.2) is 8.78 Å². The van der Waals surface area contributed by atoms with E-state index in [1.165, 1.54) is 0 Å². The number of hydrogen-bond donors (Lipinski definition) is 2. The molecule has 17 heavy (non-hydrogen) atoms. The second kappa shape index (κ2) is 5.89. The van der Waals surface area contributed by atoms with Crippen molar-refractivity contribution in [2.75, 3.05) is 12.4 Å². The van der Waals surface area contributed by atoms with Crippen LogP contribution in [0.3, 0.4) is 0 Å². The van der Waals surface area contributed by atoms with Gasteiger partial charge in [0, 0.05) is 5.75 Å². The van der Waals surface area contributed by atoms with Crippen molar-refractivity contribution in [3.8, 4) is 0 Å². The van der Waals surface area contributed by atoms with E-state index in [0.29, 0.717) is 23.9 Å². The molecule has 0 heterocycles. The van der Waals surface area contributed by atoms with Crippen molar-refractivity contribution in [1.29, 1.82) is 0 Å². The lowest BCUT2D eigenvalue weighted by Crippen LogP contribution is -2.14. The Morgan fingerprint density at radius 2 is 1.94 bits per heavy atom. The number of nitrogens with zero attached hydrogens (tertiary/aromatic N) is 1. The van der Waals surface area contributed by atoms with Gasteiger partial charge < -0.3 is 10.2 Å². The fourth-order valence-corrected chi connectivity index (χ4v) is 1.88.